The molecule has 0 radical (unpaired) electrons. The average Bonchev–Trinajstić information content (AvgIpc) is 4.22. The number of anilines is 3. The minimum atomic E-state index is -1.04. The fourth-order valence-corrected chi connectivity index (χ4v) is 13.9. The second-order valence-corrected chi connectivity index (χ2v) is 23.5. The number of amidine groups is 1. The Bertz CT molecular complexity index is 3200. The van der Waals surface area contributed by atoms with Crippen LogP contribution in [-0.2, 0) is 15.4 Å². The Morgan fingerprint density at radius 2 is 1.58 bits per heavy atom. The number of nitrogens with two attached hydrogens (primary N) is 1. The fraction of sp³-hybridized carbons (Fsp3) is 0.475. The van der Waals surface area contributed by atoms with Gasteiger partial charge in [-0.3, -0.25) is 4.79 Å². The van der Waals surface area contributed by atoms with Gasteiger partial charge in [0, 0.05) is 86.3 Å². The molecule has 13 rings (SSSR count). The van der Waals surface area contributed by atoms with Crippen LogP contribution in [0.5, 0.6) is 11.6 Å². The molecule has 8 heterocycles. The minimum Gasteiger partial charge on any atom is -0.507 e. The maximum Gasteiger partial charge on any atom is 0.254 e. The van der Waals surface area contributed by atoms with Gasteiger partial charge in [-0.15, -0.1) is 10.2 Å². The van der Waals surface area contributed by atoms with Crippen molar-refractivity contribution in [3.8, 4) is 34.0 Å². The monoisotopic (exact) mass is 1060 g/mol. The third-order valence-electron chi connectivity index (χ3n) is 18.1. The van der Waals surface area contributed by atoms with Gasteiger partial charge in [-0.1, -0.05) is 73.6 Å². The number of aliphatic hydroxyl groups is 1. The molecule has 6 atom stereocenters. The first-order valence-corrected chi connectivity index (χ1v) is 27.8. The average molecular weight is 1060 g/mol. The first-order valence-electron chi connectivity index (χ1n) is 27.8. The lowest BCUT2D eigenvalue weighted by Crippen LogP contribution is -2.59. The van der Waals surface area contributed by atoms with Gasteiger partial charge >= 0.3 is 0 Å². The van der Waals surface area contributed by atoms with Crippen molar-refractivity contribution < 1.29 is 33.5 Å². The van der Waals surface area contributed by atoms with Crippen molar-refractivity contribution in [2.24, 2.45) is 16.5 Å². The summed E-state index contributed by atoms with van der Waals surface area (Å²) in [5, 5.41) is 42.0. The van der Waals surface area contributed by atoms with Crippen LogP contribution in [0.4, 0.5) is 21.8 Å². The van der Waals surface area contributed by atoms with Crippen LogP contribution in [0.15, 0.2) is 107 Å². The summed E-state index contributed by atoms with van der Waals surface area (Å²) >= 11 is 0. The predicted octanol–water partition coefficient (Wildman–Crippen LogP) is 7.95. The summed E-state index contributed by atoms with van der Waals surface area (Å²) in [6, 6.07) is 25.5. The number of carbonyl (C=O) groups is 1. The highest BCUT2D eigenvalue weighted by Crippen LogP contribution is 2.58. The molecule has 19 heteroatoms. The molecule has 7 aliphatic rings. The van der Waals surface area contributed by atoms with Gasteiger partial charge in [0.25, 0.3) is 5.88 Å². The van der Waals surface area contributed by atoms with Gasteiger partial charge in [0.2, 0.25) is 17.6 Å². The Kier molecular flexibility index (Phi) is 12.7. The number of carbonyl (C=O) groups excluding carboxylic acids is 1. The van der Waals surface area contributed by atoms with Crippen molar-refractivity contribution in [3.63, 3.8) is 0 Å². The number of hydrogen-bond donors (Lipinski definition) is 4. The lowest BCUT2D eigenvalue weighted by molar-refractivity contribution is -0.134. The second-order valence-electron chi connectivity index (χ2n) is 23.5. The number of aliphatic hydroxyl groups excluding tert-OH is 1. The molecule has 5 N–H and O–H groups in total. The molecule has 1 spiro atoms. The number of piperazine rings is 1. The number of rotatable bonds is 13. The van der Waals surface area contributed by atoms with Crippen molar-refractivity contribution in [1.29, 1.82) is 0 Å². The quantitative estimate of drug-likeness (QED) is 0.0863. The molecule has 3 aromatic carbocycles. The highest BCUT2D eigenvalue weighted by Gasteiger charge is 2.56. The SMILES string of the molecule is CC(C)[C@@H](C(=O)N1C[C@H](O)C[C@H]1C1=NO[C@@](C)(c2ccc(-c3ccccc3F)cc2)N1)c1cc(O[C@H]2CC3(C2)C[C@H](N2CCC(c4cnc(N5C6CCC5CN(c5cc(-c7ccccc7O)nnc5N)C6)nc4)CC2)C3)no1. The van der Waals surface area contributed by atoms with Gasteiger partial charge in [-0.25, -0.2) is 14.4 Å². The number of hydrogen-bond acceptors (Lipinski definition) is 17. The van der Waals surface area contributed by atoms with Crippen LogP contribution >= 0.6 is 0 Å². The second kappa shape index (κ2) is 19.8. The summed E-state index contributed by atoms with van der Waals surface area (Å²) in [6.07, 6.45) is 12.3. The summed E-state index contributed by atoms with van der Waals surface area (Å²) in [7, 11) is 0. The molecule has 2 aliphatic carbocycles. The number of oxime groups is 1. The molecule has 406 valence electrons. The molecular formula is C59H67FN12O6. The number of halogens is 1. The van der Waals surface area contributed by atoms with E-state index in [0.29, 0.717) is 63.9 Å². The van der Waals surface area contributed by atoms with Crippen LogP contribution in [0.3, 0.4) is 0 Å². The van der Waals surface area contributed by atoms with Crippen LogP contribution in [-0.4, -0.2) is 126 Å². The number of β-amino-alcohol motifs (C(OH)–C–C–N with tert-alkyl or cyclic N) is 1. The zero-order valence-corrected chi connectivity index (χ0v) is 44.3. The number of piperidine rings is 1. The number of ether oxygens (including phenoxy) is 1. The number of likely N-dealkylation sites (tertiary alicyclic amines) is 2. The zero-order valence-electron chi connectivity index (χ0n) is 44.3. The van der Waals surface area contributed by atoms with Crippen molar-refractivity contribution >= 4 is 29.2 Å². The summed E-state index contributed by atoms with van der Waals surface area (Å²) in [5.74, 6) is 1.78. The number of benzene rings is 3. The summed E-state index contributed by atoms with van der Waals surface area (Å²) in [4.78, 5) is 39.5. The van der Waals surface area contributed by atoms with Crippen LogP contribution in [0.1, 0.15) is 107 Å². The Hall–Kier alpha value is -7.38. The highest BCUT2D eigenvalue weighted by atomic mass is 19.1. The van der Waals surface area contributed by atoms with Crippen LogP contribution < -0.4 is 25.6 Å². The standard InChI is InChI=1S/C59H67FN12O6/c1-34(2)53(56(75)71-33-42(73)22-49(71)55-64-58(3,78-68-55)38-14-12-36(13-15-38)44-8-4-6-10-46(44)60)51-24-52(67-77-51)76-43-27-59(28-43)25-41(26-59)69-20-18-35(19-21-69)37-29-62-57(63-30-37)72-39-16-17-40(72)32-70(31-39)48-23-47(65-66-54(48)61)45-9-5-7-11-50(45)74/h4-15,23-24,29-30,34-35,39-43,49,53,73-74H,16-22,25-28,31-33H2,1-3H3,(H2,61,66)(H,64,68)/t39?,40?,41-,42-,43-,49+,53-,58+,59?/m1/s1. The highest BCUT2D eigenvalue weighted by molar-refractivity contribution is 5.94. The molecule has 6 aromatic rings. The molecule has 4 saturated heterocycles. The number of aromatic hydroxyl groups is 1. The third kappa shape index (κ3) is 9.21. The molecule has 2 bridgehead atoms. The van der Waals surface area contributed by atoms with Crippen molar-refractivity contribution in [2.45, 2.75) is 132 Å². The number of nitrogen functional groups attached to an aromatic ring is 1. The molecule has 5 aliphatic heterocycles. The topological polar surface area (TPSA) is 217 Å². The summed E-state index contributed by atoms with van der Waals surface area (Å²) < 4.78 is 26.8. The van der Waals surface area contributed by atoms with E-state index in [4.69, 9.17) is 29.8 Å². The molecule has 2 saturated carbocycles. The molecule has 2 unspecified atom stereocenters. The predicted molar refractivity (Wildman–Crippen MR) is 291 cm³/mol. The molecule has 78 heavy (non-hydrogen) atoms. The van der Waals surface area contributed by atoms with Gasteiger partial charge in [-0.2, -0.15) is 0 Å². The van der Waals surface area contributed by atoms with E-state index in [0.717, 1.165) is 87.5 Å². The normalized spacial score (nSPS) is 28.3. The first kappa shape index (κ1) is 50.1. The molecule has 1 amide bonds. The Morgan fingerprint density at radius 1 is 0.872 bits per heavy atom. The number of phenolic OH excluding ortho intramolecular Hbond substituents is 1. The Labute approximate surface area is 452 Å². The lowest BCUT2D eigenvalue weighted by Gasteiger charge is -2.60. The van der Waals surface area contributed by atoms with Crippen LogP contribution in [0.25, 0.3) is 22.4 Å². The molecular weight excluding hydrogens is 992 g/mol. The molecule has 3 aromatic heterocycles. The lowest BCUT2D eigenvalue weighted by atomic mass is 9.52. The largest absolute Gasteiger partial charge is 0.507 e. The fourth-order valence-electron chi connectivity index (χ4n) is 13.9. The number of phenols is 1. The van der Waals surface area contributed by atoms with Gasteiger partial charge in [0.15, 0.2) is 17.4 Å². The molecule has 18 nitrogen and oxygen atoms in total. The smallest absolute Gasteiger partial charge is 0.254 e. The first-order chi connectivity index (χ1) is 37.8. The van der Waals surface area contributed by atoms with Gasteiger partial charge < -0.3 is 55.0 Å². The number of fused-ring (bicyclic) bond motifs is 2. The van der Waals surface area contributed by atoms with Gasteiger partial charge in [-0.05, 0) is 122 Å². The van der Waals surface area contributed by atoms with Crippen LogP contribution in [0, 0.1) is 17.2 Å². The van der Waals surface area contributed by atoms with E-state index >= 15 is 0 Å². The maximum absolute atomic E-state index is 14.5. The summed E-state index contributed by atoms with van der Waals surface area (Å²) in [6.45, 7) is 9.64. The van der Waals surface area contributed by atoms with E-state index in [2.05, 4.69) is 52.9 Å². The van der Waals surface area contributed by atoms with Crippen molar-refractivity contribution in [1.82, 2.24) is 40.4 Å². The van der Waals surface area contributed by atoms with E-state index in [9.17, 15) is 19.4 Å². The van der Waals surface area contributed by atoms with Gasteiger partial charge in [0.05, 0.1) is 23.5 Å². The number of amides is 1. The van der Waals surface area contributed by atoms with E-state index in [-0.39, 0.29) is 48.1 Å². The van der Waals surface area contributed by atoms with E-state index < -0.39 is 23.8 Å². The van der Waals surface area contributed by atoms with Crippen molar-refractivity contribution in [3.05, 3.63) is 120 Å². The van der Waals surface area contributed by atoms with E-state index in [1.807, 2.05) is 63.2 Å². The third-order valence-corrected chi connectivity index (χ3v) is 18.1. The number of nitrogens with zero attached hydrogens (tertiary/aromatic N) is 10. The molecule has 6 fully saturated rings. The zero-order chi connectivity index (χ0) is 53.5. The maximum atomic E-state index is 14.5. The van der Waals surface area contributed by atoms with Gasteiger partial charge in [0.1, 0.15) is 23.6 Å². The minimum absolute atomic E-state index is 0.0429. The Morgan fingerprint density at radius 3 is 2.28 bits per heavy atom. The van der Waals surface area contributed by atoms with Crippen LogP contribution in [0.2, 0.25) is 0 Å². The summed E-state index contributed by atoms with van der Waals surface area (Å²) in [5.41, 5.74) is 11.0. The number of nitrogens with one attached hydrogen (secondary N) is 1. The number of para-hydroxylation sites is 1. The van der Waals surface area contributed by atoms with Crippen molar-refractivity contribution in [2.75, 3.05) is 48.3 Å². The van der Waals surface area contributed by atoms with E-state index in [1.54, 1.807) is 41.3 Å². The van der Waals surface area contributed by atoms with E-state index in [1.165, 1.54) is 24.5 Å². The Balaban J connectivity index is 0.568. The number of aromatic nitrogens is 5.